The van der Waals surface area contributed by atoms with Crippen molar-refractivity contribution in [3.05, 3.63) is 54.2 Å². The molecule has 0 spiro atoms. The zero-order valence-corrected chi connectivity index (χ0v) is 11.7. The lowest BCUT2D eigenvalue weighted by Gasteiger charge is -2.26. The summed E-state index contributed by atoms with van der Waals surface area (Å²) in [5.41, 5.74) is 1.34. The minimum Gasteiger partial charge on any atom is -0.447 e. The van der Waals surface area contributed by atoms with Crippen LogP contribution in [0.5, 0.6) is 0 Å². The smallest absolute Gasteiger partial charge is 0.180 e. The van der Waals surface area contributed by atoms with Crippen LogP contribution in [-0.2, 0) is 6.54 Å². The van der Waals surface area contributed by atoms with Crippen molar-refractivity contribution >= 4 is 0 Å². The molecule has 0 fully saturated rings. The van der Waals surface area contributed by atoms with Crippen LogP contribution in [0.15, 0.2) is 47.3 Å². The number of hydrogen-bond donors (Lipinski definition) is 1. The van der Waals surface area contributed by atoms with E-state index in [1.807, 2.05) is 0 Å². The van der Waals surface area contributed by atoms with Crippen molar-refractivity contribution in [1.29, 1.82) is 0 Å². The highest BCUT2D eigenvalue weighted by Crippen LogP contribution is 2.27. The van der Waals surface area contributed by atoms with E-state index in [9.17, 15) is 0 Å². The summed E-state index contributed by atoms with van der Waals surface area (Å²) in [5.74, 6) is 1.51. The first-order valence-corrected chi connectivity index (χ1v) is 7.00. The molecule has 2 aromatic rings. The second-order valence-electron chi connectivity index (χ2n) is 4.81. The van der Waals surface area contributed by atoms with Crippen molar-refractivity contribution in [2.24, 2.45) is 5.92 Å². The van der Waals surface area contributed by atoms with Gasteiger partial charge in [0.05, 0.1) is 12.7 Å². The van der Waals surface area contributed by atoms with Crippen molar-refractivity contribution in [2.45, 2.75) is 39.3 Å². The van der Waals surface area contributed by atoms with Gasteiger partial charge in [-0.05, 0) is 11.5 Å². The van der Waals surface area contributed by atoms with E-state index in [0.717, 1.165) is 12.3 Å². The fraction of sp³-hybridized carbons (Fsp3) is 0.438. The number of rotatable bonds is 7. The Kier molecular flexibility index (Phi) is 5.16. The molecule has 0 amide bonds. The monoisotopic (exact) mass is 258 g/mol. The maximum absolute atomic E-state index is 5.29. The van der Waals surface area contributed by atoms with Gasteiger partial charge in [-0.15, -0.1) is 0 Å². The summed E-state index contributed by atoms with van der Waals surface area (Å²) in [4.78, 5) is 3.95. The molecule has 0 aliphatic carbocycles. The molecule has 0 aliphatic rings. The highest BCUT2D eigenvalue weighted by atomic mass is 16.3. The standard InChI is InChI=1S/C16H22N2O/c1-3-13(4-2)16(14-8-6-5-7-9-14)18-11-15-10-17-12-19-15/h5-10,12-13,16,18H,3-4,11H2,1-2H3. The molecule has 3 heteroatoms. The Bertz CT molecular complexity index is 449. The van der Waals surface area contributed by atoms with E-state index in [-0.39, 0.29) is 0 Å². The average molecular weight is 258 g/mol. The summed E-state index contributed by atoms with van der Waals surface area (Å²) >= 11 is 0. The van der Waals surface area contributed by atoms with Gasteiger partial charge in [-0.1, -0.05) is 57.0 Å². The zero-order valence-electron chi connectivity index (χ0n) is 11.7. The van der Waals surface area contributed by atoms with Gasteiger partial charge in [0.25, 0.3) is 0 Å². The van der Waals surface area contributed by atoms with Gasteiger partial charge in [0.2, 0.25) is 0 Å². The topological polar surface area (TPSA) is 38.1 Å². The molecule has 1 N–H and O–H groups in total. The lowest BCUT2D eigenvalue weighted by Crippen LogP contribution is -2.27. The number of aromatic nitrogens is 1. The molecule has 1 atom stereocenters. The lowest BCUT2D eigenvalue weighted by atomic mass is 9.89. The van der Waals surface area contributed by atoms with Crippen LogP contribution in [0.1, 0.15) is 44.1 Å². The maximum atomic E-state index is 5.29. The second kappa shape index (κ2) is 7.10. The Morgan fingerprint density at radius 1 is 1.16 bits per heavy atom. The third-order valence-electron chi connectivity index (χ3n) is 3.66. The summed E-state index contributed by atoms with van der Waals surface area (Å²) < 4.78 is 5.29. The van der Waals surface area contributed by atoms with Gasteiger partial charge in [-0.2, -0.15) is 0 Å². The molecule has 19 heavy (non-hydrogen) atoms. The molecular formula is C16H22N2O. The molecule has 0 saturated heterocycles. The van der Waals surface area contributed by atoms with Crippen LogP contribution < -0.4 is 5.32 Å². The van der Waals surface area contributed by atoms with Crippen molar-refractivity contribution in [1.82, 2.24) is 10.3 Å². The Labute approximate surface area is 115 Å². The molecule has 1 heterocycles. The highest BCUT2D eigenvalue weighted by Gasteiger charge is 2.20. The summed E-state index contributed by atoms with van der Waals surface area (Å²) in [6, 6.07) is 11.0. The van der Waals surface area contributed by atoms with E-state index in [0.29, 0.717) is 12.0 Å². The Balaban J connectivity index is 2.10. The van der Waals surface area contributed by atoms with E-state index in [2.05, 4.69) is 54.5 Å². The molecule has 0 bridgehead atoms. The zero-order chi connectivity index (χ0) is 13.5. The highest BCUT2D eigenvalue weighted by molar-refractivity contribution is 5.19. The minimum absolute atomic E-state index is 0.362. The number of oxazole rings is 1. The van der Waals surface area contributed by atoms with Crippen LogP contribution in [-0.4, -0.2) is 4.98 Å². The Morgan fingerprint density at radius 2 is 1.89 bits per heavy atom. The predicted octanol–water partition coefficient (Wildman–Crippen LogP) is 3.94. The maximum Gasteiger partial charge on any atom is 0.180 e. The molecule has 1 aromatic carbocycles. The van der Waals surface area contributed by atoms with Gasteiger partial charge >= 0.3 is 0 Å². The van der Waals surface area contributed by atoms with Gasteiger partial charge < -0.3 is 9.73 Å². The van der Waals surface area contributed by atoms with E-state index >= 15 is 0 Å². The minimum atomic E-state index is 0.362. The summed E-state index contributed by atoms with van der Waals surface area (Å²) in [6.07, 6.45) is 5.58. The normalized spacial score (nSPS) is 12.8. The van der Waals surface area contributed by atoms with Crippen molar-refractivity contribution in [3.8, 4) is 0 Å². The molecule has 2 rings (SSSR count). The largest absolute Gasteiger partial charge is 0.447 e. The van der Waals surface area contributed by atoms with Crippen molar-refractivity contribution < 1.29 is 4.42 Å². The van der Waals surface area contributed by atoms with Crippen LogP contribution >= 0.6 is 0 Å². The Hall–Kier alpha value is -1.61. The van der Waals surface area contributed by atoms with Gasteiger partial charge in [-0.25, -0.2) is 4.98 Å². The van der Waals surface area contributed by atoms with E-state index in [4.69, 9.17) is 4.42 Å². The number of nitrogens with zero attached hydrogens (tertiary/aromatic N) is 1. The summed E-state index contributed by atoms with van der Waals surface area (Å²) in [7, 11) is 0. The van der Waals surface area contributed by atoms with Gasteiger partial charge in [0.15, 0.2) is 6.39 Å². The quantitative estimate of drug-likeness (QED) is 0.817. The first-order chi connectivity index (χ1) is 9.35. The third kappa shape index (κ3) is 3.67. The fourth-order valence-electron chi connectivity index (χ4n) is 2.52. The third-order valence-corrected chi connectivity index (χ3v) is 3.66. The van der Waals surface area contributed by atoms with Crippen LogP contribution in [0.3, 0.4) is 0 Å². The molecule has 1 unspecified atom stereocenters. The number of nitrogens with one attached hydrogen (secondary N) is 1. The molecule has 0 radical (unpaired) electrons. The average Bonchev–Trinajstić information content (AvgIpc) is 2.97. The summed E-state index contributed by atoms with van der Waals surface area (Å²) in [5, 5.41) is 3.61. The van der Waals surface area contributed by atoms with Crippen molar-refractivity contribution in [2.75, 3.05) is 0 Å². The van der Waals surface area contributed by atoms with E-state index in [1.54, 1.807) is 6.20 Å². The summed E-state index contributed by atoms with van der Waals surface area (Å²) in [6.45, 7) is 5.22. The molecule has 0 aliphatic heterocycles. The lowest BCUT2D eigenvalue weighted by molar-refractivity contribution is 0.327. The molecule has 3 nitrogen and oxygen atoms in total. The van der Waals surface area contributed by atoms with E-state index in [1.165, 1.54) is 24.8 Å². The van der Waals surface area contributed by atoms with E-state index < -0.39 is 0 Å². The molecule has 102 valence electrons. The first-order valence-electron chi connectivity index (χ1n) is 7.00. The van der Waals surface area contributed by atoms with Crippen LogP contribution in [0.25, 0.3) is 0 Å². The van der Waals surface area contributed by atoms with Crippen molar-refractivity contribution in [3.63, 3.8) is 0 Å². The SMILES string of the molecule is CCC(CC)C(NCc1cnco1)c1ccccc1. The second-order valence-corrected chi connectivity index (χ2v) is 4.81. The number of benzene rings is 1. The van der Waals surface area contributed by atoms with Crippen LogP contribution in [0, 0.1) is 5.92 Å². The fourth-order valence-corrected chi connectivity index (χ4v) is 2.52. The molecular weight excluding hydrogens is 236 g/mol. The van der Waals surface area contributed by atoms with Gasteiger partial charge in [0.1, 0.15) is 5.76 Å². The molecule has 1 aromatic heterocycles. The van der Waals surface area contributed by atoms with Crippen LogP contribution in [0.2, 0.25) is 0 Å². The predicted molar refractivity (Wildman–Crippen MR) is 76.6 cm³/mol. The van der Waals surface area contributed by atoms with Gasteiger partial charge in [-0.3, -0.25) is 0 Å². The van der Waals surface area contributed by atoms with Crippen LogP contribution in [0.4, 0.5) is 0 Å². The first kappa shape index (κ1) is 13.8. The number of hydrogen-bond acceptors (Lipinski definition) is 3. The molecule has 0 saturated carbocycles. The van der Waals surface area contributed by atoms with Gasteiger partial charge in [0, 0.05) is 6.04 Å². The Morgan fingerprint density at radius 3 is 2.47 bits per heavy atom.